The molecule has 1 amide bonds. The summed E-state index contributed by atoms with van der Waals surface area (Å²) in [5, 5.41) is 20.6. The lowest BCUT2D eigenvalue weighted by Gasteiger charge is -2.18. The van der Waals surface area contributed by atoms with Gasteiger partial charge in [0.2, 0.25) is 0 Å². The highest BCUT2D eigenvalue weighted by Crippen LogP contribution is 2.27. The molecule has 0 bridgehead atoms. The van der Waals surface area contributed by atoms with Gasteiger partial charge in [-0.25, -0.2) is 14.0 Å². The number of amides is 1. The fourth-order valence-corrected chi connectivity index (χ4v) is 2.63. The fourth-order valence-electron chi connectivity index (χ4n) is 2.22. The summed E-state index contributed by atoms with van der Waals surface area (Å²) in [7, 11) is 0. The van der Waals surface area contributed by atoms with Crippen molar-refractivity contribution in [1.29, 1.82) is 0 Å². The van der Waals surface area contributed by atoms with Crippen molar-refractivity contribution in [3.05, 3.63) is 66.0 Å². The Balaban J connectivity index is 2.12. The molecule has 0 saturated heterocycles. The fraction of sp³-hybridized carbons (Fsp3) is 0.158. The van der Waals surface area contributed by atoms with Gasteiger partial charge in [0.15, 0.2) is 11.6 Å². The second-order valence-electron chi connectivity index (χ2n) is 5.43. The van der Waals surface area contributed by atoms with Gasteiger partial charge in [-0.2, -0.15) is 0 Å². The highest BCUT2D eigenvalue weighted by atomic mass is 32.2. The first-order chi connectivity index (χ1) is 12.9. The van der Waals surface area contributed by atoms with E-state index in [2.05, 4.69) is 5.32 Å². The SMILES string of the molecule is CSc1ccc(NC(=O)O[C@@H](C/C=C/C(=O)O)c2ccc(O)c(F)c2)cc1. The first kappa shape index (κ1) is 20.3. The van der Waals surface area contributed by atoms with Gasteiger partial charge in [-0.15, -0.1) is 11.8 Å². The summed E-state index contributed by atoms with van der Waals surface area (Å²) in [5.41, 5.74) is 0.808. The van der Waals surface area contributed by atoms with Crippen LogP contribution in [0.25, 0.3) is 0 Å². The van der Waals surface area contributed by atoms with Crippen molar-refractivity contribution in [2.75, 3.05) is 11.6 Å². The van der Waals surface area contributed by atoms with Crippen molar-refractivity contribution >= 4 is 29.5 Å². The molecule has 2 aromatic carbocycles. The maximum absolute atomic E-state index is 13.6. The number of thioether (sulfide) groups is 1. The number of carboxylic acids is 1. The average molecular weight is 391 g/mol. The number of halogens is 1. The molecule has 3 N–H and O–H groups in total. The molecule has 27 heavy (non-hydrogen) atoms. The Morgan fingerprint density at radius 1 is 1.26 bits per heavy atom. The van der Waals surface area contributed by atoms with Crippen molar-refractivity contribution in [3.63, 3.8) is 0 Å². The van der Waals surface area contributed by atoms with Crippen molar-refractivity contribution in [2.45, 2.75) is 17.4 Å². The van der Waals surface area contributed by atoms with Crippen LogP contribution in [0.5, 0.6) is 5.75 Å². The molecule has 0 unspecified atom stereocenters. The van der Waals surface area contributed by atoms with E-state index in [-0.39, 0.29) is 12.0 Å². The maximum Gasteiger partial charge on any atom is 0.412 e. The largest absolute Gasteiger partial charge is 0.505 e. The number of carbonyl (C=O) groups excluding carboxylic acids is 1. The van der Waals surface area contributed by atoms with Gasteiger partial charge in [-0.3, -0.25) is 5.32 Å². The predicted octanol–water partition coefficient (Wildman–Crippen LogP) is 4.57. The maximum atomic E-state index is 13.6. The summed E-state index contributed by atoms with van der Waals surface area (Å²) in [5.74, 6) is -2.54. The molecule has 2 rings (SSSR count). The third-order valence-electron chi connectivity index (χ3n) is 3.54. The molecular weight excluding hydrogens is 373 g/mol. The zero-order valence-electron chi connectivity index (χ0n) is 14.4. The molecule has 0 heterocycles. The van der Waals surface area contributed by atoms with E-state index in [9.17, 15) is 19.1 Å². The van der Waals surface area contributed by atoms with Crippen LogP contribution in [0, 0.1) is 5.82 Å². The van der Waals surface area contributed by atoms with Gasteiger partial charge in [0, 0.05) is 23.1 Å². The van der Waals surface area contributed by atoms with E-state index in [4.69, 9.17) is 9.84 Å². The quantitative estimate of drug-likeness (QED) is 0.472. The minimum atomic E-state index is -1.15. The lowest BCUT2D eigenvalue weighted by atomic mass is 10.1. The number of hydrogen-bond donors (Lipinski definition) is 3. The lowest BCUT2D eigenvalue weighted by Crippen LogP contribution is -2.17. The van der Waals surface area contributed by atoms with Gasteiger partial charge < -0.3 is 14.9 Å². The van der Waals surface area contributed by atoms with Crippen molar-refractivity contribution in [2.24, 2.45) is 0 Å². The van der Waals surface area contributed by atoms with Crippen molar-refractivity contribution in [1.82, 2.24) is 0 Å². The zero-order valence-corrected chi connectivity index (χ0v) is 15.2. The smallest absolute Gasteiger partial charge is 0.412 e. The van der Waals surface area contributed by atoms with E-state index in [0.29, 0.717) is 5.69 Å². The molecule has 2 aromatic rings. The van der Waals surface area contributed by atoms with E-state index in [0.717, 1.165) is 23.1 Å². The van der Waals surface area contributed by atoms with Crippen LogP contribution in [-0.2, 0) is 9.53 Å². The number of carbonyl (C=O) groups is 2. The van der Waals surface area contributed by atoms with E-state index < -0.39 is 29.7 Å². The van der Waals surface area contributed by atoms with Crippen LogP contribution in [0.4, 0.5) is 14.9 Å². The first-order valence-corrected chi connectivity index (χ1v) is 9.11. The minimum absolute atomic E-state index is 0.0232. The molecule has 0 fully saturated rings. The van der Waals surface area contributed by atoms with Crippen LogP contribution in [-0.4, -0.2) is 28.5 Å². The monoisotopic (exact) mass is 391 g/mol. The third-order valence-corrected chi connectivity index (χ3v) is 4.28. The number of benzene rings is 2. The van der Waals surface area contributed by atoms with Crippen LogP contribution in [0.3, 0.4) is 0 Å². The van der Waals surface area contributed by atoms with Crippen molar-refractivity contribution in [3.8, 4) is 5.75 Å². The van der Waals surface area contributed by atoms with Gasteiger partial charge in [0.1, 0.15) is 6.10 Å². The molecule has 0 aromatic heterocycles. The number of nitrogens with one attached hydrogen (secondary N) is 1. The summed E-state index contributed by atoms with van der Waals surface area (Å²) >= 11 is 1.56. The summed E-state index contributed by atoms with van der Waals surface area (Å²) < 4.78 is 19.0. The van der Waals surface area contributed by atoms with Gasteiger partial charge in [-0.1, -0.05) is 12.1 Å². The molecule has 142 valence electrons. The first-order valence-electron chi connectivity index (χ1n) is 7.88. The van der Waals surface area contributed by atoms with Crippen LogP contribution in [0.1, 0.15) is 18.1 Å². The summed E-state index contributed by atoms with van der Waals surface area (Å²) in [6, 6.07) is 10.7. The Kier molecular flexibility index (Phi) is 7.25. The highest BCUT2D eigenvalue weighted by molar-refractivity contribution is 7.98. The Morgan fingerprint density at radius 3 is 2.56 bits per heavy atom. The lowest BCUT2D eigenvalue weighted by molar-refractivity contribution is -0.131. The molecule has 0 aliphatic heterocycles. The molecule has 0 saturated carbocycles. The molecular formula is C19H18FNO5S. The number of aliphatic carboxylic acids is 1. The van der Waals surface area contributed by atoms with Gasteiger partial charge >= 0.3 is 12.1 Å². The number of phenolic OH excluding ortho intramolecular Hbond substituents is 1. The average Bonchev–Trinajstić information content (AvgIpc) is 2.63. The number of aromatic hydroxyl groups is 1. The number of hydrogen-bond acceptors (Lipinski definition) is 5. The molecule has 0 aliphatic rings. The predicted molar refractivity (Wildman–Crippen MR) is 101 cm³/mol. The van der Waals surface area contributed by atoms with Gasteiger partial charge in [-0.05, 0) is 48.2 Å². The van der Waals surface area contributed by atoms with E-state index >= 15 is 0 Å². The Labute approximate surface area is 159 Å². The van der Waals surface area contributed by atoms with Crippen LogP contribution in [0.2, 0.25) is 0 Å². The Hall–Kier alpha value is -3.00. The standard InChI is InChI=1S/C19H18FNO5S/c1-27-14-8-6-13(7-9-14)21-19(25)26-17(3-2-4-18(23)24)12-5-10-16(22)15(20)11-12/h2,4-11,17,22H,3H2,1H3,(H,21,25)(H,23,24)/b4-2+/t17-/m0/s1. The number of ether oxygens (including phenoxy) is 1. The molecule has 6 nitrogen and oxygen atoms in total. The number of anilines is 1. The number of phenols is 1. The molecule has 0 radical (unpaired) electrons. The van der Waals surface area contributed by atoms with E-state index in [1.54, 1.807) is 23.9 Å². The van der Waals surface area contributed by atoms with Crippen LogP contribution in [0.15, 0.2) is 59.5 Å². The topological polar surface area (TPSA) is 95.9 Å². The third kappa shape index (κ3) is 6.34. The molecule has 0 spiro atoms. The number of carboxylic acid groups (broad SMARTS) is 1. The van der Waals surface area contributed by atoms with E-state index in [1.165, 1.54) is 12.1 Å². The van der Waals surface area contributed by atoms with Gasteiger partial charge in [0.05, 0.1) is 0 Å². The summed E-state index contributed by atoms with van der Waals surface area (Å²) in [6.07, 6.45) is 2.47. The second kappa shape index (κ2) is 9.63. The normalized spacial score (nSPS) is 11.9. The number of rotatable bonds is 7. The Morgan fingerprint density at radius 2 is 1.96 bits per heavy atom. The van der Waals surface area contributed by atoms with E-state index in [1.807, 2.05) is 18.4 Å². The molecule has 8 heteroatoms. The molecule has 1 atom stereocenters. The molecule has 0 aliphatic carbocycles. The second-order valence-corrected chi connectivity index (χ2v) is 6.31. The summed E-state index contributed by atoms with van der Waals surface area (Å²) in [4.78, 5) is 23.8. The van der Waals surface area contributed by atoms with Crippen LogP contribution < -0.4 is 5.32 Å². The Bertz CT molecular complexity index is 838. The summed E-state index contributed by atoms with van der Waals surface area (Å²) in [6.45, 7) is 0. The highest BCUT2D eigenvalue weighted by Gasteiger charge is 2.18. The van der Waals surface area contributed by atoms with Crippen LogP contribution >= 0.6 is 11.8 Å². The minimum Gasteiger partial charge on any atom is -0.505 e. The van der Waals surface area contributed by atoms with Crippen molar-refractivity contribution < 1.29 is 28.9 Å². The zero-order chi connectivity index (χ0) is 19.8. The van der Waals surface area contributed by atoms with Gasteiger partial charge in [0.25, 0.3) is 0 Å².